The number of carbonyl (C=O) groups excluding carboxylic acids is 7. The van der Waals surface area contributed by atoms with Crippen LogP contribution in [0.2, 0.25) is 0 Å². The average molecular weight is 1480 g/mol. The van der Waals surface area contributed by atoms with Crippen molar-refractivity contribution < 1.29 is 80.9 Å². The van der Waals surface area contributed by atoms with Crippen LogP contribution in [-0.4, -0.2) is 215 Å². The summed E-state index contributed by atoms with van der Waals surface area (Å²) in [5.41, 5.74) is 0.616. The summed E-state index contributed by atoms with van der Waals surface area (Å²) in [4.78, 5) is 119. The van der Waals surface area contributed by atoms with Crippen molar-refractivity contribution in [3.05, 3.63) is 48.0 Å². The third kappa shape index (κ3) is 21.7. The van der Waals surface area contributed by atoms with Gasteiger partial charge in [0.25, 0.3) is 0 Å². The number of carbonyl (C=O) groups is 7. The number of unbranched alkanes of at least 4 members (excludes halogenated alkanes) is 2. The number of fused-ring (bicyclic) bond motifs is 6. The molecular weight excluding hydrogens is 1360 g/mol. The molecule has 9 heterocycles. The summed E-state index contributed by atoms with van der Waals surface area (Å²) in [6, 6.07) is 1.15. The highest BCUT2D eigenvalue weighted by molar-refractivity contribution is 5.90. The molecular formula is C80H117N9O17. The van der Waals surface area contributed by atoms with Crippen molar-refractivity contribution in [2.75, 3.05) is 67.6 Å². The van der Waals surface area contributed by atoms with Gasteiger partial charge < -0.3 is 67.4 Å². The van der Waals surface area contributed by atoms with E-state index in [2.05, 4.69) is 39.2 Å². The Kier molecular flexibility index (Phi) is 26.3. The van der Waals surface area contributed by atoms with Crippen molar-refractivity contribution >= 4 is 63.8 Å². The van der Waals surface area contributed by atoms with E-state index in [1.807, 2.05) is 59.9 Å². The Morgan fingerprint density at radius 3 is 1.88 bits per heavy atom. The fraction of sp³-hybridized carbons (Fsp3) is 0.713. The van der Waals surface area contributed by atoms with Gasteiger partial charge >= 0.3 is 36.1 Å². The van der Waals surface area contributed by atoms with Crippen LogP contribution in [0.3, 0.4) is 0 Å². The third-order valence-corrected chi connectivity index (χ3v) is 21.2. The van der Waals surface area contributed by atoms with Gasteiger partial charge in [-0.25, -0.2) is 33.9 Å². The van der Waals surface area contributed by atoms with Crippen molar-refractivity contribution in [2.45, 2.75) is 271 Å². The van der Waals surface area contributed by atoms with Crippen LogP contribution in [0, 0.1) is 28.6 Å². The number of rotatable bonds is 17. The first-order valence-electron chi connectivity index (χ1n) is 38.6. The molecule has 2 saturated carbocycles. The van der Waals surface area contributed by atoms with Gasteiger partial charge in [-0.05, 0) is 167 Å². The molecule has 1 N–H and O–H groups in total. The van der Waals surface area contributed by atoms with E-state index in [4.69, 9.17) is 57.3 Å². The minimum Gasteiger partial charge on any atom is -0.489 e. The van der Waals surface area contributed by atoms with Crippen LogP contribution >= 0.6 is 0 Å². The number of pyridine rings is 4. The van der Waals surface area contributed by atoms with Crippen molar-refractivity contribution in [3.8, 4) is 23.3 Å². The number of hydrogen-bond acceptors (Lipinski definition) is 23. The van der Waals surface area contributed by atoms with Crippen LogP contribution in [-0.2, 0) is 65.2 Å². The number of nitrogens with zero attached hydrogens (tertiary/aromatic N) is 8. The molecule has 11 rings (SSSR count). The molecule has 584 valence electrons. The number of esters is 4. The standard InChI is InChI=1S/C44H67N5O10.C36H50N4O7/c1-42(2,3)36(39(51)58-43(4,5)6)47-40(52)57-34-23-27(34)15-13-12-14-16-30-35(55-28-18-21-48(10)22-19-28)31-25-45-20-17-32(31)46-37(30)56-29-24-33(38(50)54-11)49(26-29)41(53)59-44(7,8)9;1-36(2,3)27-19-31(41)47-30-17-22(30)9-7-6-8-10-25-32(45-23-12-15-39(4)16-13-23)26-20-37-14-11-28(26)38-33(25)46-24-18-29(35(43)44-5)40(21-24)34(27)42/h17,20,25,27-29,33-34,36H,12-16,18-19,21-24,26H2,1-11H3,(H,47,52);11,14,20,22-24,27,29-30H,6-10,12-13,15-19,21H2,1-5H3/t27?,29-,33+,34-,36-;22-,24+,27+,29-,30-/m10/s1. The van der Waals surface area contributed by atoms with Crippen molar-refractivity contribution in [1.29, 1.82) is 0 Å². The maximum Gasteiger partial charge on any atom is 0.411 e. The highest BCUT2D eigenvalue weighted by atomic mass is 16.6. The molecule has 4 aromatic rings. The minimum atomic E-state index is -0.867. The second-order valence-electron chi connectivity index (χ2n) is 34.4. The normalized spacial score (nSPS) is 24.8. The molecule has 0 radical (unpaired) electrons. The summed E-state index contributed by atoms with van der Waals surface area (Å²) >= 11 is 0. The van der Waals surface area contributed by atoms with E-state index < -0.39 is 88.4 Å². The molecule has 2 aliphatic carbocycles. The molecule has 6 fully saturated rings. The van der Waals surface area contributed by atoms with E-state index in [0.717, 1.165) is 149 Å². The molecule has 10 atom stereocenters. The van der Waals surface area contributed by atoms with E-state index in [1.165, 1.54) is 19.1 Å². The quantitative estimate of drug-likeness (QED) is 0.0584. The van der Waals surface area contributed by atoms with Crippen LogP contribution in [0.25, 0.3) is 21.8 Å². The lowest BCUT2D eigenvalue weighted by atomic mass is 9.77. The van der Waals surface area contributed by atoms with Crippen LogP contribution in [0.4, 0.5) is 9.59 Å². The Hall–Kier alpha value is -7.87. The first kappa shape index (κ1) is 80.7. The van der Waals surface area contributed by atoms with Crippen molar-refractivity contribution in [1.82, 2.24) is 44.9 Å². The molecule has 0 spiro atoms. The smallest absolute Gasteiger partial charge is 0.411 e. The number of ether oxygens (including phenoxy) is 10. The molecule has 106 heavy (non-hydrogen) atoms. The van der Waals surface area contributed by atoms with E-state index in [-0.39, 0.29) is 74.6 Å². The summed E-state index contributed by atoms with van der Waals surface area (Å²) in [5, 5.41) is 4.42. The van der Waals surface area contributed by atoms with Gasteiger partial charge in [-0.2, -0.15) is 0 Å². The van der Waals surface area contributed by atoms with E-state index >= 15 is 0 Å². The molecule has 4 aromatic heterocycles. The number of alkyl carbamates (subject to hydrolysis) is 1. The zero-order valence-electron chi connectivity index (χ0n) is 65.6. The fourth-order valence-corrected chi connectivity index (χ4v) is 14.9. The lowest BCUT2D eigenvalue weighted by Crippen LogP contribution is -2.51. The summed E-state index contributed by atoms with van der Waals surface area (Å²) in [6.07, 6.45) is 19.0. The topological polar surface area (TPSA) is 288 Å². The Bertz CT molecular complexity index is 3740. The van der Waals surface area contributed by atoms with Crippen LogP contribution in [0.15, 0.2) is 36.9 Å². The van der Waals surface area contributed by atoms with E-state index in [1.54, 1.807) is 65.0 Å². The number of amides is 3. The van der Waals surface area contributed by atoms with E-state index in [9.17, 15) is 33.6 Å². The SMILES string of the molecule is COC(=O)[C@@H]1C[C@@H](Oc2nc3ccncc3c(OC3CCN(C)CC3)c2CCCCCC2C[C@H]2OC(=O)N[C@H](C(=O)OC(C)(C)C)C(C)(C)C)CN1C(=O)OC(C)(C)C.COC(=O)[C@@H]1C[C@@H]2CN1C(=O)[C@H](C(C)(C)C)CC(=O)O[C@H]1C[C@@H]1CCCCCc1c(nc3ccncc3c1OC1CCN(C)CC1)O2. The van der Waals surface area contributed by atoms with Gasteiger partial charge in [0, 0.05) is 63.8 Å². The largest absolute Gasteiger partial charge is 0.489 e. The van der Waals surface area contributed by atoms with Gasteiger partial charge in [-0.15, -0.1) is 0 Å². The Labute approximate surface area is 625 Å². The maximum absolute atomic E-state index is 14.2. The molecule has 2 bridgehead atoms. The first-order chi connectivity index (χ1) is 50.1. The Morgan fingerprint density at radius 2 is 1.26 bits per heavy atom. The molecule has 3 amide bonds. The van der Waals surface area contributed by atoms with E-state index in [0.29, 0.717) is 41.8 Å². The average Bonchev–Trinajstić information content (AvgIpc) is 0.869. The van der Waals surface area contributed by atoms with Gasteiger partial charge in [0.15, 0.2) is 0 Å². The van der Waals surface area contributed by atoms with Crippen LogP contribution < -0.4 is 24.3 Å². The molecule has 26 nitrogen and oxygen atoms in total. The minimum absolute atomic E-state index is 0.00765. The van der Waals surface area contributed by atoms with Gasteiger partial charge in [-0.1, -0.05) is 67.2 Å². The van der Waals surface area contributed by atoms with Crippen LogP contribution in [0.1, 0.15) is 203 Å². The molecule has 0 aromatic carbocycles. The summed E-state index contributed by atoms with van der Waals surface area (Å²) in [5.74, 6) is 0.163. The molecule has 5 aliphatic heterocycles. The summed E-state index contributed by atoms with van der Waals surface area (Å²) < 4.78 is 60.1. The number of methoxy groups -OCH3 is 2. The Morgan fingerprint density at radius 1 is 0.651 bits per heavy atom. The highest BCUT2D eigenvalue weighted by Crippen LogP contribution is 2.45. The second-order valence-corrected chi connectivity index (χ2v) is 34.4. The lowest BCUT2D eigenvalue weighted by molar-refractivity contribution is -0.160. The lowest BCUT2D eigenvalue weighted by Gasteiger charge is -2.34. The monoisotopic (exact) mass is 1480 g/mol. The Balaban J connectivity index is 0.000000232. The molecule has 26 heteroatoms. The number of piperidine rings is 2. The molecule has 7 aliphatic rings. The maximum atomic E-state index is 14.2. The van der Waals surface area contributed by atoms with Gasteiger partial charge in [0.2, 0.25) is 17.7 Å². The van der Waals surface area contributed by atoms with Gasteiger partial charge in [0.05, 0.1) is 72.6 Å². The zero-order valence-corrected chi connectivity index (χ0v) is 65.6. The predicted octanol–water partition coefficient (Wildman–Crippen LogP) is 11.7. The fourth-order valence-electron chi connectivity index (χ4n) is 14.9. The van der Waals surface area contributed by atoms with Crippen LogP contribution in [0.5, 0.6) is 23.3 Å². The zero-order chi connectivity index (χ0) is 76.6. The van der Waals surface area contributed by atoms with Crippen molar-refractivity contribution in [3.63, 3.8) is 0 Å². The first-order valence-corrected chi connectivity index (χ1v) is 38.6. The van der Waals surface area contributed by atoms with Gasteiger partial charge in [-0.3, -0.25) is 24.5 Å². The predicted molar refractivity (Wildman–Crippen MR) is 396 cm³/mol. The number of likely N-dealkylation sites (tertiary alicyclic amines) is 3. The summed E-state index contributed by atoms with van der Waals surface area (Å²) in [6.45, 7) is 26.3. The number of nitrogens with one attached hydrogen (secondary N) is 1. The third-order valence-electron chi connectivity index (χ3n) is 21.2. The number of aromatic nitrogens is 4. The van der Waals surface area contributed by atoms with Crippen molar-refractivity contribution in [2.24, 2.45) is 28.6 Å². The second kappa shape index (κ2) is 34.6. The molecule has 1 unspecified atom stereocenters. The summed E-state index contributed by atoms with van der Waals surface area (Å²) in [7, 11) is 6.88. The van der Waals surface area contributed by atoms with Gasteiger partial charge in [0.1, 0.15) is 77.5 Å². The molecule has 4 saturated heterocycles. The number of hydrogen-bond donors (Lipinski definition) is 1. The highest BCUT2D eigenvalue weighted by Gasteiger charge is 2.50.